The third kappa shape index (κ3) is 7.54. The zero-order valence-electron chi connectivity index (χ0n) is 21.3. The van der Waals surface area contributed by atoms with Gasteiger partial charge in [-0.25, -0.2) is 4.39 Å². The van der Waals surface area contributed by atoms with E-state index in [0.717, 1.165) is 50.2 Å². The molecule has 0 radical (unpaired) electrons. The van der Waals surface area contributed by atoms with E-state index in [4.69, 9.17) is 9.47 Å². The molecule has 2 aromatic rings. The summed E-state index contributed by atoms with van der Waals surface area (Å²) in [7, 11) is 0. The summed E-state index contributed by atoms with van der Waals surface area (Å²) in [6.07, 6.45) is 10.7. The molecule has 0 unspecified atom stereocenters. The quantitative estimate of drug-likeness (QED) is 0.239. The molecule has 36 heavy (non-hydrogen) atoms. The number of benzene rings is 2. The maximum absolute atomic E-state index is 14.6. The van der Waals surface area contributed by atoms with Gasteiger partial charge in [0, 0.05) is 0 Å². The molecule has 2 saturated carbocycles. The molecule has 2 nitrogen and oxygen atoms in total. The molecule has 2 aliphatic carbocycles. The number of hydrogen-bond acceptors (Lipinski definition) is 2. The second kappa shape index (κ2) is 12.7. The van der Waals surface area contributed by atoms with Crippen LogP contribution in [0.2, 0.25) is 0 Å². The van der Waals surface area contributed by atoms with Crippen LogP contribution in [0.15, 0.2) is 60.7 Å². The molecule has 2 fully saturated rings. The minimum Gasteiger partial charge on any atom is -0.494 e. The van der Waals surface area contributed by atoms with Crippen molar-refractivity contribution in [3.8, 4) is 11.5 Å². The van der Waals surface area contributed by atoms with Crippen LogP contribution < -0.4 is 9.47 Å². The highest BCUT2D eigenvalue weighted by Crippen LogP contribution is 2.41. The molecule has 196 valence electrons. The largest absolute Gasteiger partial charge is 0.494 e. The molecule has 2 aromatic carbocycles. The van der Waals surface area contributed by atoms with Crippen molar-refractivity contribution < 1.29 is 22.6 Å². The second-order valence-electron chi connectivity index (χ2n) is 10.5. The number of halogens is 3. The van der Waals surface area contributed by atoms with E-state index in [1.165, 1.54) is 43.4 Å². The van der Waals surface area contributed by atoms with Crippen molar-refractivity contribution in [2.24, 2.45) is 17.8 Å². The molecule has 4 rings (SSSR count). The fourth-order valence-corrected chi connectivity index (χ4v) is 5.52. The molecule has 0 heterocycles. The van der Waals surface area contributed by atoms with E-state index < -0.39 is 17.8 Å². The Morgan fingerprint density at radius 3 is 1.92 bits per heavy atom. The molecular weight excluding hydrogens is 461 g/mol. The van der Waals surface area contributed by atoms with Crippen molar-refractivity contribution in [2.45, 2.75) is 83.2 Å². The Morgan fingerprint density at radius 2 is 1.33 bits per heavy atom. The lowest BCUT2D eigenvalue weighted by molar-refractivity contribution is -0.223. The molecule has 0 aromatic heterocycles. The standard InChI is InChI=1S/C31H39F3O2/c1-2-3-22-35-29-18-12-26(13-19-29)25-10-6-23(7-11-25)4-5-24-8-14-27(15-9-24)31(33,34)36-30-20-16-28(32)17-21-30/h4-5,12-13,16-21,23-25,27H,2-3,6-11,14-15,22H2,1H3/b5-4+. The number of alkyl halides is 2. The van der Waals surface area contributed by atoms with Gasteiger partial charge in [-0.3, -0.25) is 0 Å². The Morgan fingerprint density at radius 1 is 0.778 bits per heavy atom. The molecular formula is C31H39F3O2. The molecule has 0 amide bonds. The van der Waals surface area contributed by atoms with Crippen LogP contribution in [0.5, 0.6) is 11.5 Å². The van der Waals surface area contributed by atoms with E-state index in [0.29, 0.717) is 30.6 Å². The topological polar surface area (TPSA) is 18.5 Å². The minimum atomic E-state index is -3.23. The third-order valence-electron chi connectivity index (χ3n) is 7.86. The van der Waals surface area contributed by atoms with Crippen molar-refractivity contribution in [1.29, 1.82) is 0 Å². The summed E-state index contributed by atoms with van der Waals surface area (Å²) in [5, 5.41) is 0. The van der Waals surface area contributed by atoms with Crippen molar-refractivity contribution in [3.05, 3.63) is 72.1 Å². The Bertz CT molecular complexity index is 939. The Kier molecular flexibility index (Phi) is 9.39. The number of allylic oxidation sites excluding steroid dienone is 2. The summed E-state index contributed by atoms with van der Waals surface area (Å²) in [6, 6.07) is 13.4. The van der Waals surface area contributed by atoms with Gasteiger partial charge < -0.3 is 9.47 Å². The van der Waals surface area contributed by atoms with Crippen molar-refractivity contribution >= 4 is 0 Å². The molecule has 0 saturated heterocycles. The smallest absolute Gasteiger partial charge is 0.400 e. The van der Waals surface area contributed by atoms with Gasteiger partial charge in [0.25, 0.3) is 0 Å². The van der Waals surface area contributed by atoms with Gasteiger partial charge in [-0.1, -0.05) is 37.6 Å². The van der Waals surface area contributed by atoms with Gasteiger partial charge in [0.15, 0.2) is 0 Å². The molecule has 0 bridgehead atoms. The lowest BCUT2D eigenvalue weighted by atomic mass is 9.77. The fraction of sp³-hybridized carbons (Fsp3) is 0.548. The maximum atomic E-state index is 14.6. The van der Waals surface area contributed by atoms with Crippen LogP contribution in [-0.4, -0.2) is 12.7 Å². The van der Waals surface area contributed by atoms with Crippen molar-refractivity contribution in [2.75, 3.05) is 6.61 Å². The van der Waals surface area contributed by atoms with Gasteiger partial charge in [-0.15, -0.1) is 0 Å². The summed E-state index contributed by atoms with van der Waals surface area (Å²) >= 11 is 0. The first-order valence-corrected chi connectivity index (χ1v) is 13.7. The summed E-state index contributed by atoms with van der Waals surface area (Å²) < 4.78 is 53.0. The van der Waals surface area contributed by atoms with Gasteiger partial charge in [0.2, 0.25) is 0 Å². The molecule has 0 aliphatic heterocycles. The molecule has 0 atom stereocenters. The van der Waals surface area contributed by atoms with Crippen LogP contribution in [0.1, 0.15) is 82.6 Å². The van der Waals surface area contributed by atoms with E-state index in [2.05, 4.69) is 43.3 Å². The van der Waals surface area contributed by atoms with Crippen molar-refractivity contribution in [1.82, 2.24) is 0 Å². The Balaban J connectivity index is 1.18. The summed E-state index contributed by atoms with van der Waals surface area (Å²) in [4.78, 5) is 0. The van der Waals surface area contributed by atoms with Crippen LogP contribution in [0.25, 0.3) is 0 Å². The highest BCUT2D eigenvalue weighted by molar-refractivity contribution is 5.30. The molecule has 2 aliphatic rings. The first kappa shape index (κ1) is 26.6. The lowest BCUT2D eigenvalue weighted by Crippen LogP contribution is -2.37. The monoisotopic (exact) mass is 500 g/mol. The van der Waals surface area contributed by atoms with E-state index in [-0.39, 0.29) is 5.75 Å². The van der Waals surface area contributed by atoms with Crippen LogP contribution in [0, 0.1) is 23.6 Å². The zero-order chi connectivity index (χ0) is 25.4. The first-order valence-electron chi connectivity index (χ1n) is 13.7. The number of unbranched alkanes of at least 4 members (excludes halogenated alkanes) is 1. The number of rotatable bonds is 10. The minimum absolute atomic E-state index is 0.00951. The van der Waals surface area contributed by atoms with Gasteiger partial charge in [0.05, 0.1) is 12.5 Å². The fourth-order valence-electron chi connectivity index (χ4n) is 5.52. The van der Waals surface area contributed by atoms with Crippen LogP contribution >= 0.6 is 0 Å². The van der Waals surface area contributed by atoms with E-state index in [9.17, 15) is 13.2 Å². The summed E-state index contributed by atoms with van der Waals surface area (Å²) in [5.74, 6) is 1.26. The number of ether oxygens (including phenoxy) is 2. The number of hydrogen-bond donors (Lipinski definition) is 0. The highest BCUT2D eigenvalue weighted by Gasteiger charge is 2.43. The molecule has 0 N–H and O–H groups in total. The Labute approximate surface area is 213 Å². The molecule has 5 heteroatoms. The van der Waals surface area contributed by atoms with Gasteiger partial charge >= 0.3 is 6.11 Å². The maximum Gasteiger partial charge on any atom is 0.400 e. The van der Waals surface area contributed by atoms with Crippen LogP contribution in [-0.2, 0) is 0 Å². The average Bonchev–Trinajstić information content (AvgIpc) is 2.90. The van der Waals surface area contributed by atoms with E-state index in [1.54, 1.807) is 0 Å². The third-order valence-corrected chi connectivity index (χ3v) is 7.86. The second-order valence-corrected chi connectivity index (χ2v) is 10.5. The van der Waals surface area contributed by atoms with Gasteiger partial charge in [0.1, 0.15) is 17.3 Å². The van der Waals surface area contributed by atoms with E-state index >= 15 is 0 Å². The average molecular weight is 501 g/mol. The summed E-state index contributed by atoms with van der Waals surface area (Å²) in [5.41, 5.74) is 1.40. The normalized spacial score (nSPS) is 25.1. The first-order chi connectivity index (χ1) is 17.4. The van der Waals surface area contributed by atoms with Gasteiger partial charge in [-0.05, 0) is 118 Å². The Hall–Kier alpha value is -2.43. The van der Waals surface area contributed by atoms with Crippen LogP contribution in [0.3, 0.4) is 0 Å². The predicted molar refractivity (Wildman–Crippen MR) is 138 cm³/mol. The van der Waals surface area contributed by atoms with E-state index in [1.807, 2.05) is 0 Å². The van der Waals surface area contributed by atoms with Crippen molar-refractivity contribution in [3.63, 3.8) is 0 Å². The zero-order valence-corrected chi connectivity index (χ0v) is 21.3. The SMILES string of the molecule is CCCCOc1ccc(C2CCC(/C=C/C3CCC(C(F)(F)Oc4ccc(F)cc4)CC3)CC2)cc1. The van der Waals surface area contributed by atoms with Gasteiger partial charge in [-0.2, -0.15) is 8.78 Å². The predicted octanol–water partition coefficient (Wildman–Crippen LogP) is 9.31. The summed E-state index contributed by atoms with van der Waals surface area (Å²) in [6.45, 7) is 2.94. The lowest BCUT2D eigenvalue weighted by Gasteiger charge is -2.32. The van der Waals surface area contributed by atoms with Crippen LogP contribution in [0.4, 0.5) is 13.2 Å². The highest BCUT2D eigenvalue weighted by atomic mass is 19.3. The molecule has 0 spiro atoms.